The molecule has 0 amide bonds. The summed E-state index contributed by atoms with van der Waals surface area (Å²) >= 11 is 0. The van der Waals surface area contributed by atoms with Crippen molar-refractivity contribution in [2.75, 3.05) is 0 Å². The van der Waals surface area contributed by atoms with Gasteiger partial charge in [0.2, 0.25) is 0 Å². The van der Waals surface area contributed by atoms with Gasteiger partial charge in [0.15, 0.2) is 0 Å². The highest BCUT2D eigenvalue weighted by Gasteiger charge is 2.28. The van der Waals surface area contributed by atoms with Gasteiger partial charge in [0.25, 0.3) is 17.1 Å². The molecule has 0 aliphatic rings. The minimum atomic E-state index is -1.83. The molecule has 0 unspecified atom stereocenters. The van der Waals surface area contributed by atoms with Gasteiger partial charge in [-0.05, 0) is 38.3 Å². The average molecular weight is 685 g/mol. The summed E-state index contributed by atoms with van der Waals surface area (Å²) in [7, 11) is -5.13. The van der Waals surface area contributed by atoms with Gasteiger partial charge in [-0.2, -0.15) is 0 Å². The second-order valence-corrected chi connectivity index (χ2v) is 14.0. The third-order valence-corrected chi connectivity index (χ3v) is 7.01. The summed E-state index contributed by atoms with van der Waals surface area (Å²) in [5.41, 5.74) is 1.03. The number of rotatable bonds is 6. The molecular formula is C31H46B3N3O12. The van der Waals surface area contributed by atoms with Crippen LogP contribution < -0.4 is 16.4 Å². The monoisotopic (exact) mass is 685 g/mol. The van der Waals surface area contributed by atoms with E-state index in [-0.39, 0.29) is 51.7 Å². The minimum Gasteiger partial charge on any atom is -0.423 e. The van der Waals surface area contributed by atoms with Crippen molar-refractivity contribution in [3.8, 4) is 0 Å². The van der Waals surface area contributed by atoms with Crippen molar-refractivity contribution in [2.24, 2.45) is 0 Å². The SMILES string of the molecule is C.CC(C)(C)c1cc(B(O)O)cc([N+](=O)[O-])c1.CC(C)(C)c1cc(B(O)O)ccc1[N+](=O)[O-].CC(C)(C)c1ccc([N+](=O)[O-])c(B(O)O)c1. The maximum absolute atomic E-state index is 10.8. The van der Waals surface area contributed by atoms with E-state index >= 15 is 0 Å². The number of benzene rings is 3. The van der Waals surface area contributed by atoms with Crippen LogP contribution in [0, 0.1) is 30.3 Å². The molecule has 0 fully saturated rings. The van der Waals surface area contributed by atoms with Crippen LogP contribution in [0.25, 0.3) is 0 Å². The normalized spacial score (nSPS) is 11.1. The third kappa shape index (κ3) is 13.3. The highest BCUT2D eigenvalue weighted by Crippen LogP contribution is 2.30. The molecule has 18 heteroatoms. The van der Waals surface area contributed by atoms with E-state index in [9.17, 15) is 30.3 Å². The van der Waals surface area contributed by atoms with Gasteiger partial charge in [0, 0.05) is 29.8 Å². The number of hydrogen-bond acceptors (Lipinski definition) is 12. The number of hydrogen-bond donors (Lipinski definition) is 6. The van der Waals surface area contributed by atoms with E-state index in [4.69, 9.17) is 30.1 Å². The number of nitro benzene ring substituents is 3. The average Bonchev–Trinajstić information content (AvgIpc) is 2.95. The summed E-state index contributed by atoms with van der Waals surface area (Å²) in [4.78, 5) is 30.6. The molecule has 49 heavy (non-hydrogen) atoms. The number of non-ortho nitro benzene ring substituents is 1. The first-order chi connectivity index (χ1) is 21.7. The molecule has 15 nitrogen and oxygen atoms in total. The molecule has 266 valence electrons. The van der Waals surface area contributed by atoms with Gasteiger partial charge in [0.05, 0.1) is 20.2 Å². The molecule has 6 N–H and O–H groups in total. The lowest BCUT2D eigenvalue weighted by atomic mass is 9.75. The third-order valence-electron chi connectivity index (χ3n) is 7.01. The van der Waals surface area contributed by atoms with Gasteiger partial charge < -0.3 is 30.1 Å². The molecule has 0 aliphatic heterocycles. The molecule has 0 saturated heterocycles. The van der Waals surface area contributed by atoms with Crippen molar-refractivity contribution in [3.63, 3.8) is 0 Å². The van der Waals surface area contributed by atoms with Gasteiger partial charge >= 0.3 is 21.4 Å². The summed E-state index contributed by atoms with van der Waals surface area (Å²) in [6.45, 7) is 17.1. The number of nitrogens with zero attached hydrogens (tertiary/aromatic N) is 3. The zero-order valence-corrected chi connectivity index (χ0v) is 28.4. The zero-order chi connectivity index (χ0) is 37.5. The quantitative estimate of drug-likeness (QED) is 0.124. The smallest absolute Gasteiger partial charge is 0.423 e. The molecule has 0 atom stereocenters. The molecule has 3 aromatic rings. The Morgan fingerprint density at radius 3 is 1.35 bits per heavy atom. The van der Waals surface area contributed by atoms with Gasteiger partial charge in [-0.15, -0.1) is 0 Å². The Balaban J connectivity index is 0.000000698. The van der Waals surface area contributed by atoms with E-state index < -0.39 is 41.5 Å². The van der Waals surface area contributed by atoms with E-state index in [0.717, 1.165) is 5.56 Å². The topological polar surface area (TPSA) is 251 Å². The first-order valence-electron chi connectivity index (χ1n) is 14.6. The van der Waals surface area contributed by atoms with Crippen molar-refractivity contribution < 1.29 is 44.9 Å². The van der Waals surface area contributed by atoms with Crippen LogP contribution in [0.4, 0.5) is 17.1 Å². The van der Waals surface area contributed by atoms with E-state index in [0.29, 0.717) is 11.1 Å². The summed E-state index contributed by atoms with van der Waals surface area (Å²) in [5.74, 6) is 0. The Kier molecular flexibility index (Phi) is 16.0. The van der Waals surface area contributed by atoms with Crippen LogP contribution >= 0.6 is 0 Å². The first kappa shape index (κ1) is 44.8. The lowest BCUT2D eigenvalue weighted by molar-refractivity contribution is -0.386. The molecule has 0 spiro atoms. The predicted octanol–water partition coefficient (Wildman–Crippen LogP) is 2.35. The summed E-state index contributed by atoms with van der Waals surface area (Å²) < 4.78 is 0. The maximum Gasteiger partial charge on any atom is 0.495 e. The lowest BCUT2D eigenvalue weighted by Crippen LogP contribution is -2.33. The Bertz CT molecular complexity index is 1610. The molecule has 0 aliphatic carbocycles. The van der Waals surface area contributed by atoms with Crippen LogP contribution in [0.2, 0.25) is 0 Å². The Labute approximate surface area is 287 Å². The van der Waals surface area contributed by atoms with Crippen molar-refractivity contribution in [1.29, 1.82) is 0 Å². The maximum atomic E-state index is 10.8. The highest BCUT2D eigenvalue weighted by molar-refractivity contribution is 6.60. The fourth-order valence-electron chi connectivity index (χ4n) is 4.19. The van der Waals surface area contributed by atoms with Crippen LogP contribution in [0.15, 0.2) is 54.6 Å². The Morgan fingerprint density at radius 1 is 0.510 bits per heavy atom. The van der Waals surface area contributed by atoms with E-state index in [1.807, 2.05) is 62.3 Å². The fraction of sp³-hybridized carbons (Fsp3) is 0.419. The van der Waals surface area contributed by atoms with Gasteiger partial charge in [-0.25, -0.2) is 0 Å². The summed E-state index contributed by atoms with van der Waals surface area (Å²) in [6.07, 6.45) is 0. The van der Waals surface area contributed by atoms with Crippen LogP contribution in [0.1, 0.15) is 86.4 Å². The molecule has 0 saturated carbocycles. The molecule has 0 radical (unpaired) electrons. The molecule has 3 rings (SSSR count). The minimum absolute atomic E-state index is 0. The molecule has 0 heterocycles. The Morgan fingerprint density at radius 2 is 0.980 bits per heavy atom. The fourth-order valence-corrected chi connectivity index (χ4v) is 4.19. The van der Waals surface area contributed by atoms with Gasteiger partial charge in [-0.1, -0.05) is 100 Å². The van der Waals surface area contributed by atoms with Crippen LogP contribution in [-0.4, -0.2) is 66.3 Å². The second-order valence-electron chi connectivity index (χ2n) is 14.0. The van der Waals surface area contributed by atoms with Crippen molar-refractivity contribution in [3.05, 3.63) is 102 Å². The van der Waals surface area contributed by atoms with E-state index in [1.54, 1.807) is 12.1 Å². The van der Waals surface area contributed by atoms with Crippen molar-refractivity contribution in [2.45, 2.75) is 86.0 Å². The highest BCUT2D eigenvalue weighted by atomic mass is 16.6. The second kappa shape index (κ2) is 17.5. The van der Waals surface area contributed by atoms with Crippen molar-refractivity contribution in [1.82, 2.24) is 0 Å². The first-order valence-corrected chi connectivity index (χ1v) is 14.6. The standard InChI is InChI=1S/3C10H14BNO4.CH4/c1-10(2,3)7-4-8(11(13)14)6-9(5-7)12(15)16;1-10(2,3)8-6-7(11(13)14)4-5-9(8)12(15)16;1-10(2,3)7-4-5-9(12(15)16)8(6-7)11(13)14;/h3*4-6,13-14H,1-3H3;1H4. The zero-order valence-electron chi connectivity index (χ0n) is 28.4. The predicted molar refractivity (Wildman–Crippen MR) is 192 cm³/mol. The van der Waals surface area contributed by atoms with Gasteiger partial charge in [-0.3, -0.25) is 30.3 Å². The van der Waals surface area contributed by atoms with Crippen LogP contribution in [0.5, 0.6) is 0 Å². The number of nitro groups is 3. The van der Waals surface area contributed by atoms with Crippen LogP contribution in [0.3, 0.4) is 0 Å². The molecule has 3 aromatic carbocycles. The van der Waals surface area contributed by atoms with E-state index in [2.05, 4.69) is 0 Å². The molecule has 0 aromatic heterocycles. The molecule has 0 bridgehead atoms. The van der Waals surface area contributed by atoms with Crippen molar-refractivity contribution >= 4 is 54.8 Å². The largest absolute Gasteiger partial charge is 0.495 e. The van der Waals surface area contributed by atoms with Crippen LogP contribution in [-0.2, 0) is 16.2 Å². The Hall–Kier alpha value is -4.19. The summed E-state index contributed by atoms with van der Waals surface area (Å²) in [5, 5.41) is 86.6. The van der Waals surface area contributed by atoms with Gasteiger partial charge in [0.1, 0.15) is 0 Å². The van der Waals surface area contributed by atoms with E-state index in [1.165, 1.54) is 42.5 Å². The molecular weight excluding hydrogens is 639 g/mol. The lowest BCUT2D eigenvalue weighted by Gasteiger charge is -2.19. The summed E-state index contributed by atoms with van der Waals surface area (Å²) in [6, 6.07) is 12.7.